The molecule has 0 radical (unpaired) electrons. The van der Waals surface area contributed by atoms with Crippen LogP contribution in [0.1, 0.15) is 0 Å². The van der Waals surface area contributed by atoms with Gasteiger partial charge in [0.15, 0.2) is 0 Å². The monoisotopic (exact) mass is 380 g/mol. The molecule has 10 heteroatoms. The van der Waals surface area contributed by atoms with E-state index in [0.717, 1.165) is 6.07 Å². The number of hydrogen-bond acceptors (Lipinski definition) is 6. The highest BCUT2D eigenvalue weighted by atomic mass is 32.2. The number of benzene rings is 2. The largest absolute Gasteiger partial charge is 0.354 e. The predicted octanol–water partition coefficient (Wildman–Crippen LogP) is 2.07. The molecule has 2 N–H and O–H groups in total. The maximum atomic E-state index is 13.1. The minimum atomic E-state index is -3.92. The molecule has 0 amide bonds. The number of non-ortho nitro benzene ring substituents is 1. The number of nitro benzene ring substituents is 1. The lowest BCUT2D eigenvalue weighted by molar-refractivity contribution is -0.385. The first kappa shape index (κ1) is 18.2. The number of anilines is 2. The summed E-state index contributed by atoms with van der Waals surface area (Å²) in [5.74, 6) is -0.423. The van der Waals surface area contributed by atoms with Gasteiger partial charge >= 0.3 is 0 Å². The van der Waals surface area contributed by atoms with Crippen molar-refractivity contribution in [1.29, 1.82) is 0 Å². The molecule has 1 aliphatic rings. The van der Waals surface area contributed by atoms with Gasteiger partial charge in [-0.1, -0.05) is 0 Å². The molecule has 0 spiro atoms. The topological polar surface area (TPSA) is 105 Å². The lowest BCUT2D eigenvalue weighted by Crippen LogP contribution is -2.46. The second-order valence-corrected chi connectivity index (χ2v) is 7.63. The fourth-order valence-corrected chi connectivity index (χ4v) is 4.26. The van der Waals surface area contributed by atoms with Gasteiger partial charge in [0.2, 0.25) is 10.0 Å². The van der Waals surface area contributed by atoms with Crippen LogP contribution in [0, 0.1) is 15.9 Å². The van der Waals surface area contributed by atoms with Gasteiger partial charge < -0.3 is 10.6 Å². The Morgan fingerprint density at radius 1 is 1.12 bits per heavy atom. The molecular formula is C16H17FN4O4S. The molecule has 2 aromatic rings. The van der Waals surface area contributed by atoms with E-state index in [-0.39, 0.29) is 29.4 Å². The van der Waals surface area contributed by atoms with Crippen LogP contribution in [0.2, 0.25) is 0 Å². The van der Waals surface area contributed by atoms with E-state index in [4.69, 9.17) is 0 Å². The molecular weight excluding hydrogens is 363 g/mol. The van der Waals surface area contributed by atoms with Crippen molar-refractivity contribution in [2.45, 2.75) is 4.90 Å². The minimum Gasteiger partial charge on any atom is -0.354 e. The standard InChI is InChI=1S/C16H17FN4O4S/c17-12-1-3-13(4-2-12)19-15-6-5-14(21(22)23)11-16(15)26(24,25)20-9-7-18-8-10-20/h1-6,11,18-19H,7-10H2. The highest BCUT2D eigenvalue weighted by Crippen LogP contribution is 2.31. The van der Waals surface area contributed by atoms with E-state index in [1.54, 1.807) is 0 Å². The average molecular weight is 380 g/mol. The summed E-state index contributed by atoms with van der Waals surface area (Å²) in [6.45, 7) is 1.58. The smallest absolute Gasteiger partial charge is 0.270 e. The molecule has 0 atom stereocenters. The highest BCUT2D eigenvalue weighted by molar-refractivity contribution is 7.89. The molecule has 3 rings (SSSR count). The SMILES string of the molecule is O=[N+]([O-])c1ccc(Nc2ccc(F)cc2)c(S(=O)(=O)N2CCNCC2)c1. The van der Waals surface area contributed by atoms with Gasteiger partial charge in [0.25, 0.3) is 5.69 Å². The van der Waals surface area contributed by atoms with Gasteiger partial charge in [-0.05, 0) is 30.3 Å². The van der Waals surface area contributed by atoms with E-state index < -0.39 is 20.8 Å². The van der Waals surface area contributed by atoms with Crippen molar-refractivity contribution in [3.8, 4) is 0 Å². The number of hydrogen-bond donors (Lipinski definition) is 2. The third-order valence-electron chi connectivity index (χ3n) is 3.99. The Balaban J connectivity index is 2.03. The lowest BCUT2D eigenvalue weighted by atomic mass is 10.2. The van der Waals surface area contributed by atoms with Crippen LogP contribution >= 0.6 is 0 Å². The quantitative estimate of drug-likeness (QED) is 0.608. The fourth-order valence-electron chi connectivity index (χ4n) is 2.65. The zero-order valence-electron chi connectivity index (χ0n) is 13.7. The Hall–Kier alpha value is -2.56. The molecule has 1 heterocycles. The molecule has 8 nitrogen and oxygen atoms in total. The van der Waals surface area contributed by atoms with E-state index in [2.05, 4.69) is 10.6 Å². The second-order valence-electron chi connectivity index (χ2n) is 5.72. The summed E-state index contributed by atoms with van der Waals surface area (Å²) >= 11 is 0. The fraction of sp³-hybridized carbons (Fsp3) is 0.250. The average Bonchev–Trinajstić information content (AvgIpc) is 2.64. The summed E-state index contributed by atoms with van der Waals surface area (Å²) in [5.41, 5.74) is 0.348. The van der Waals surface area contributed by atoms with Crippen LogP contribution in [0.15, 0.2) is 47.4 Å². The van der Waals surface area contributed by atoms with Crippen LogP contribution in [-0.2, 0) is 10.0 Å². The Morgan fingerprint density at radius 3 is 2.38 bits per heavy atom. The summed E-state index contributed by atoms with van der Waals surface area (Å²) in [7, 11) is -3.92. The first-order chi connectivity index (χ1) is 12.4. The molecule has 0 saturated carbocycles. The van der Waals surface area contributed by atoms with Crippen LogP contribution in [0.25, 0.3) is 0 Å². The van der Waals surface area contributed by atoms with Gasteiger partial charge in [-0.2, -0.15) is 4.31 Å². The highest BCUT2D eigenvalue weighted by Gasteiger charge is 2.30. The van der Waals surface area contributed by atoms with E-state index in [1.165, 1.54) is 40.7 Å². The molecule has 0 bridgehead atoms. The molecule has 0 aromatic heterocycles. The van der Waals surface area contributed by atoms with Crippen LogP contribution in [0.3, 0.4) is 0 Å². The molecule has 1 aliphatic heterocycles. The van der Waals surface area contributed by atoms with Crippen LogP contribution < -0.4 is 10.6 Å². The van der Waals surface area contributed by atoms with Gasteiger partial charge in [0.05, 0.1) is 10.6 Å². The van der Waals surface area contributed by atoms with Crippen molar-refractivity contribution < 1.29 is 17.7 Å². The molecule has 2 aromatic carbocycles. The van der Waals surface area contributed by atoms with Gasteiger partial charge in [-0.3, -0.25) is 10.1 Å². The Labute approximate surface area is 149 Å². The summed E-state index contributed by atoms with van der Waals surface area (Å²) in [4.78, 5) is 10.3. The number of halogens is 1. The van der Waals surface area contributed by atoms with Crippen molar-refractivity contribution in [2.75, 3.05) is 31.5 Å². The van der Waals surface area contributed by atoms with Gasteiger partial charge in [-0.15, -0.1) is 0 Å². The van der Waals surface area contributed by atoms with Crippen LogP contribution in [0.4, 0.5) is 21.5 Å². The van der Waals surface area contributed by atoms with E-state index in [1.807, 2.05) is 0 Å². The number of sulfonamides is 1. The zero-order chi connectivity index (χ0) is 18.7. The van der Waals surface area contributed by atoms with E-state index in [9.17, 15) is 22.9 Å². The second kappa shape index (κ2) is 7.36. The van der Waals surface area contributed by atoms with Gasteiger partial charge in [-0.25, -0.2) is 12.8 Å². The Morgan fingerprint density at radius 2 is 1.77 bits per heavy atom. The van der Waals surface area contributed by atoms with Gasteiger partial charge in [0, 0.05) is 44.0 Å². The summed E-state index contributed by atoms with van der Waals surface area (Å²) < 4.78 is 40.4. The van der Waals surface area contributed by atoms with Gasteiger partial charge in [0.1, 0.15) is 10.7 Å². The summed E-state index contributed by atoms with van der Waals surface area (Å²) in [6.07, 6.45) is 0. The number of nitrogens with zero attached hydrogens (tertiary/aromatic N) is 2. The number of piperazine rings is 1. The molecule has 1 fully saturated rings. The molecule has 1 saturated heterocycles. The first-order valence-electron chi connectivity index (χ1n) is 7.90. The van der Waals surface area contributed by atoms with Crippen LogP contribution in [-0.4, -0.2) is 43.8 Å². The molecule has 0 aliphatic carbocycles. The van der Waals surface area contributed by atoms with E-state index >= 15 is 0 Å². The van der Waals surface area contributed by atoms with Crippen molar-refractivity contribution in [3.63, 3.8) is 0 Å². The molecule has 138 valence electrons. The summed E-state index contributed by atoms with van der Waals surface area (Å²) in [6, 6.07) is 8.99. The maximum Gasteiger partial charge on any atom is 0.270 e. The third kappa shape index (κ3) is 3.82. The zero-order valence-corrected chi connectivity index (χ0v) is 14.5. The lowest BCUT2D eigenvalue weighted by Gasteiger charge is -2.27. The van der Waals surface area contributed by atoms with Crippen molar-refractivity contribution in [3.05, 3.63) is 58.4 Å². The van der Waals surface area contributed by atoms with Crippen molar-refractivity contribution in [2.24, 2.45) is 0 Å². The van der Waals surface area contributed by atoms with Crippen molar-refractivity contribution in [1.82, 2.24) is 9.62 Å². The minimum absolute atomic E-state index is 0.182. The summed E-state index contributed by atoms with van der Waals surface area (Å²) in [5, 5.41) is 17.1. The number of nitrogens with one attached hydrogen (secondary N) is 2. The number of rotatable bonds is 5. The van der Waals surface area contributed by atoms with Crippen LogP contribution in [0.5, 0.6) is 0 Å². The maximum absolute atomic E-state index is 13.1. The van der Waals surface area contributed by atoms with E-state index in [0.29, 0.717) is 18.8 Å². The first-order valence-corrected chi connectivity index (χ1v) is 9.34. The Kier molecular flexibility index (Phi) is 5.16. The third-order valence-corrected chi connectivity index (χ3v) is 5.93. The predicted molar refractivity (Wildman–Crippen MR) is 94.4 cm³/mol. The number of nitro groups is 1. The molecule has 26 heavy (non-hydrogen) atoms. The molecule has 0 unspecified atom stereocenters. The Bertz CT molecular complexity index is 912. The van der Waals surface area contributed by atoms with Crippen molar-refractivity contribution >= 4 is 27.1 Å². The normalized spacial score (nSPS) is 15.6.